The molecule has 0 aliphatic carbocycles. The smallest absolute Gasteiger partial charge is 0.226 e. The normalized spacial score (nSPS) is 12.7. The number of amides is 1. The minimum Gasteiger partial charge on any atom is -0.359 e. The van der Waals surface area contributed by atoms with E-state index < -0.39 is 0 Å². The molecule has 0 spiro atoms. The highest BCUT2D eigenvalue weighted by molar-refractivity contribution is 5.80. The summed E-state index contributed by atoms with van der Waals surface area (Å²) in [7, 11) is 1.65. The van der Waals surface area contributed by atoms with Gasteiger partial charge in [-0.15, -0.1) is 0 Å². The molecule has 2 heteroatoms. The second-order valence-corrected chi connectivity index (χ2v) is 3.17. The quantitative estimate of drug-likeness (QED) is 0.775. The van der Waals surface area contributed by atoms with Crippen LogP contribution in [0.15, 0.2) is 36.4 Å². The van der Waals surface area contributed by atoms with Gasteiger partial charge in [0.25, 0.3) is 0 Å². The monoisotopic (exact) mass is 189 g/mol. The van der Waals surface area contributed by atoms with Crippen molar-refractivity contribution in [2.75, 3.05) is 7.05 Å². The number of carbonyl (C=O) groups is 1. The topological polar surface area (TPSA) is 29.1 Å². The highest BCUT2D eigenvalue weighted by Crippen LogP contribution is 2.05. The summed E-state index contributed by atoms with van der Waals surface area (Å²) in [6.07, 6.45) is 3.86. The van der Waals surface area contributed by atoms with E-state index in [-0.39, 0.29) is 11.8 Å². The molecule has 1 aromatic carbocycles. The number of carbonyl (C=O) groups excluding carboxylic acids is 1. The highest BCUT2D eigenvalue weighted by Gasteiger charge is 2.05. The summed E-state index contributed by atoms with van der Waals surface area (Å²) in [6, 6.07) is 9.94. The van der Waals surface area contributed by atoms with Crippen LogP contribution in [0.5, 0.6) is 0 Å². The SMILES string of the molecule is CNC(=O)C(C)C=Cc1ccccc1. The Labute approximate surface area is 84.6 Å². The largest absolute Gasteiger partial charge is 0.359 e. The molecule has 1 aromatic rings. The molecule has 0 aromatic heterocycles. The van der Waals surface area contributed by atoms with Crippen LogP contribution in [0.2, 0.25) is 0 Å². The molecule has 1 N–H and O–H groups in total. The minimum atomic E-state index is -0.0831. The van der Waals surface area contributed by atoms with Crippen molar-refractivity contribution in [2.24, 2.45) is 5.92 Å². The zero-order chi connectivity index (χ0) is 10.4. The van der Waals surface area contributed by atoms with E-state index in [4.69, 9.17) is 0 Å². The predicted molar refractivity (Wildman–Crippen MR) is 58.7 cm³/mol. The average Bonchev–Trinajstić information content (AvgIpc) is 2.26. The van der Waals surface area contributed by atoms with Crippen molar-refractivity contribution in [1.82, 2.24) is 5.32 Å². The van der Waals surface area contributed by atoms with Crippen molar-refractivity contribution in [3.8, 4) is 0 Å². The fourth-order valence-corrected chi connectivity index (χ4v) is 1.13. The first kappa shape index (κ1) is 10.5. The summed E-state index contributed by atoms with van der Waals surface area (Å²) in [6.45, 7) is 1.87. The number of hydrogen-bond acceptors (Lipinski definition) is 1. The molecule has 0 aliphatic heterocycles. The molecular weight excluding hydrogens is 174 g/mol. The lowest BCUT2D eigenvalue weighted by Crippen LogP contribution is -2.23. The lowest BCUT2D eigenvalue weighted by Gasteiger charge is -2.03. The summed E-state index contributed by atoms with van der Waals surface area (Å²) in [5.41, 5.74) is 1.11. The van der Waals surface area contributed by atoms with Gasteiger partial charge in [-0.2, -0.15) is 0 Å². The van der Waals surface area contributed by atoms with Gasteiger partial charge in [-0.3, -0.25) is 4.79 Å². The van der Waals surface area contributed by atoms with Crippen LogP contribution in [0.3, 0.4) is 0 Å². The third kappa shape index (κ3) is 3.05. The average molecular weight is 189 g/mol. The Hall–Kier alpha value is -1.57. The van der Waals surface area contributed by atoms with E-state index in [0.29, 0.717) is 0 Å². The molecule has 1 rings (SSSR count). The number of hydrogen-bond donors (Lipinski definition) is 1. The molecule has 74 valence electrons. The van der Waals surface area contributed by atoms with Crippen molar-refractivity contribution in [1.29, 1.82) is 0 Å². The maximum atomic E-state index is 11.2. The molecule has 1 unspecified atom stereocenters. The van der Waals surface area contributed by atoms with E-state index in [1.807, 2.05) is 49.4 Å². The zero-order valence-corrected chi connectivity index (χ0v) is 8.53. The van der Waals surface area contributed by atoms with Crippen LogP contribution in [0.25, 0.3) is 6.08 Å². The third-order valence-electron chi connectivity index (χ3n) is 2.04. The van der Waals surface area contributed by atoms with Crippen molar-refractivity contribution in [3.63, 3.8) is 0 Å². The van der Waals surface area contributed by atoms with Crippen LogP contribution >= 0.6 is 0 Å². The lowest BCUT2D eigenvalue weighted by molar-refractivity contribution is -0.122. The van der Waals surface area contributed by atoms with Crippen LogP contribution in [-0.2, 0) is 4.79 Å². The van der Waals surface area contributed by atoms with Crippen molar-refractivity contribution < 1.29 is 4.79 Å². The molecule has 1 amide bonds. The first-order chi connectivity index (χ1) is 6.74. The molecule has 0 bridgehead atoms. The summed E-state index contributed by atoms with van der Waals surface area (Å²) in [5, 5.41) is 2.61. The Balaban J connectivity index is 2.60. The first-order valence-corrected chi connectivity index (χ1v) is 4.69. The first-order valence-electron chi connectivity index (χ1n) is 4.69. The summed E-state index contributed by atoms with van der Waals surface area (Å²) in [4.78, 5) is 11.2. The van der Waals surface area contributed by atoms with E-state index in [0.717, 1.165) is 5.56 Å². The molecule has 0 radical (unpaired) electrons. The lowest BCUT2D eigenvalue weighted by atomic mass is 10.1. The van der Waals surface area contributed by atoms with Gasteiger partial charge < -0.3 is 5.32 Å². The van der Waals surface area contributed by atoms with E-state index in [1.165, 1.54) is 0 Å². The standard InChI is InChI=1S/C12H15NO/c1-10(12(14)13-2)8-9-11-6-4-3-5-7-11/h3-10H,1-2H3,(H,13,14). The second kappa shape index (κ2) is 5.22. The molecule has 0 fully saturated rings. The zero-order valence-electron chi connectivity index (χ0n) is 8.53. The fraction of sp³-hybridized carbons (Fsp3) is 0.250. The highest BCUT2D eigenvalue weighted by atomic mass is 16.1. The third-order valence-corrected chi connectivity index (χ3v) is 2.04. The Kier molecular flexibility index (Phi) is 3.92. The molecule has 2 nitrogen and oxygen atoms in total. The maximum Gasteiger partial charge on any atom is 0.226 e. The van der Waals surface area contributed by atoms with E-state index >= 15 is 0 Å². The second-order valence-electron chi connectivity index (χ2n) is 3.17. The Bertz CT molecular complexity index is 316. The van der Waals surface area contributed by atoms with E-state index in [9.17, 15) is 4.79 Å². The van der Waals surface area contributed by atoms with Crippen molar-refractivity contribution >= 4 is 12.0 Å². The van der Waals surface area contributed by atoms with E-state index in [2.05, 4.69) is 5.32 Å². The van der Waals surface area contributed by atoms with Gasteiger partial charge in [-0.05, 0) is 5.56 Å². The predicted octanol–water partition coefficient (Wildman–Crippen LogP) is 2.08. The van der Waals surface area contributed by atoms with Crippen LogP contribution in [0.1, 0.15) is 12.5 Å². The van der Waals surface area contributed by atoms with Gasteiger partial charge >= 0.3 is 0 Å². The number of nitrogens with one attached hydrogen (secondary N) is 1. The van der Waals surface area contributed by atoms with E-state index in [1.54, 1.807) is 7.05 Å². The van der Waals surface area contributed by atoms with Crippen LogP contribution in [-0.4, -0.2) is 13.0 Å². The summed E-state index contributed by atoms with van der Waals surface area (Å²) >= 11 is 0. The number of rotatable bonds is 3. The van der Waals surface area contributed by atoms with Crippen LogP contribution in [0.4, 0.5) is 0 Å². The molecular formula is C12H15NO. The molecule has 0 saturated carbocycles. The molecule has 0 heterocycles. The molecule has 1 atom stereocenters. The minimum absolute atomic E-state index is 0.0391. The molecule has 0 aliphatic rings. The Morgan fingerprint density at radius 1 is 1.36 bits per heavy atom. The van der Waals surface area contributed by atoms with Crippen LogP contribution < -0.4 is 5.32 Å². The Morgan fingerprint density at radius 3 is 2.57 bits per heavy atom. The van der Waals surface area contributed by atoms with Crippen molar-refractivity contribution in [2.45, 2.75) is 6.92 Å². The fourth-order valence-electron chi connectivity index (χ4n) is 1.13. The van der Waals surface area contributed by atoms with Gasteiger partial charge in [0.15, 0.2) is 0 Å². The summed E-state index contributed by atoms with van der Waals surface area (Å²) in [5.74, 6) is -0.0441. The van der Waals surface area contributed by atoms with Gasteiger partial charge in [0.1, 0.15) is 0 Å². The van der Waals surface area contributed by atoms with Crippen LogP contribution in [0, 0.1) is 5.92 Å². The van der Waals surface area contributed by atoms with Gasteiger partial charge in [-0.1, -0.05) is 49.4 Å². The van der Waals surface area contributed by atoms with Gasteiger partial charge in [-0.25, -0.2) is 0 Å². The number of benzene rings is 1. The maximum absolute atomic E-state index is 11.2. The van der Waals surface area contributed by atoms with Gasteiger partial charge in [0.2, 0.25) is 5.91 Å². The van der Waals surface area contributed by atoms with Crippen molar-refractivity contribution in [3.05, 3.63) is 42.0 Å². The molecule has 14 heavy (non-hydrogen) atoms. The Morgan fingerprint density at radius 2 is 2.00 bits per heavy atom. The van der Waals surface area contributed by atoms with Gasteiger partial charge in [0.05, 0.1) is 5.92 Å². The summed E-state index contributed by atoms with van der Waals surface area (Å²) < 4.78 is 0. The molecule has 0 saturated heterocycles. The van der Waals surface area contributed by atoms with Gasteiger partial charge in [0, 0.05) is 7.05 Å².